The zero-order valence-electron chi connectivity index (χ0n) is 12.9. The molecule has 21 heavy (non-hydrogen) atoms. The molecule has 1 aromatic rings. The van der Waals surface area contributed by atoms with Gasteiger partial charge in [0.15, 0.2) is 0 Å². The molecule has 0 radical (unpaired) electrons. The molecular weight excluding hydrogens is 332 g/mol. The molecule has 0 aliphatic heterocycles. The molecule has 0 saturated heterocycles. The van der Waals surface area contributed by atoms with Crippen LogP contribution in [0.4, 0.5) is 11.4 Å². The Bertz CT molecular complexity index is 525. The molecule has 1 aliphatic rings. The normalized spacial score (nSPS) is 22.9. The van der Waals surface area contributed by atoms with Crippen LogP contribution >= 0.6 is 15.9 Å². The summed E-state index contributed by atoms with van der Waals surface area (Å²) >= 11 is 3.30. The number of nitro groups is 1. The monoisotopic (exact) mass is 354 g/mol. The minimum absolute atomic E-state index is 0.141. The molecule has 1 fully saturated rings. The Balaban J connectivity index is 2.25. The third-order valence-electron chi connectivity index (χ3n) is 4.38. The van der Waals surface area contributed by atoms with Gasteiger partial charge in [0.05, 0.1) is 4.92 Å². The molecule has 1 saturated carbocycles. The van der Waals surface area contributed by atoms with Crippen molar-refractivity contribution in [3.05, 3.63) is 32.8 Å². The van der Waals surface area contributed by atoms with Crippen LogP contribution in [0.1, 0.15) is 46.5 Å². The minimum Gasteiger partial charge on any atom is -0.376 e. The third-order valence-corrected chi connectivity index (χ3v) is 4.87. The highest BCUT2D eigenvalue weighted by Gasteiger charge is 2.34. The molecule has 0 amide bonds. The van der Waals surface area contributed by atoms with Gasteiger partial charge in [-0.25, -0.2) is 0 Å². The summed E-state index contributed by atoms with van der Waals surface area (Å²) in [4.78, 5) is 10.9. The van der Waals surface area contributed by atoms with Gasteiger partial charge in [0.25, 0.3) is 5.69 Å². The van der Waals surface area contributed by atoms with Crippen molar-refractivity contribution in [2.24, 2.45) is 11.3 Å². The lowest BCUT2D eigenvalue weighted by molar-refractivity contribution is -0.384. The number of benzene rings is 1. The van der Waals surface area contributed by atoms with Crippen LogP contribution in [0.5, 0.6) is 0 Å². The fourth-order valence-electron chi connectivity index (χ4n) is 3.32. The second kappa shape index (κ2) is 6.34. The van der Waals surface area contributed by atoms with Gasteiger partial charge in [-0.05, 0) is 36.3 Å². The van der Waals surface area contributed by atoms with Crippen molar-refractivity contribution in [3.63, 3.8) is 0 Å². The van der Waals surface area contributed by atoms with Gasteiger partial charge >= 0.3 is 0 Å². The molecule has 0 heterocycles. The molecule has 1 N–H and O–H groups in total. The number of hydrogen-bond donors (Lipinski definition) is 1. The average Bonchev–Trinajstić information content (AvgIpc) is 2.40. The second-order valence-electron chi connectivity index (χ2n) is 6.93. The van der Waals surface area contributed by atoms with E-state index in [-0.39, 0.29) is 16.0 Å². The van der Waals surface area contributed by atoms with Crippen LogP contribution in [-0.4, -0.2) is 11.0 Å². The Morgan fingerprint density at radius 1 is 1.29 bits per heavy atom. The van der Waals surface area contributed by atoms with Crippen molar-refractivity contribution < 1.29 is 4.92 Å². The molecule has 5 heteroatoms. The lowest BCUT2D eigenvalue weighted by Gasteiger charge is -2.41. The number of rotatable bonds is 3. The van der Waals surface area contributed by atoms with Crippen molar-refractivity contribution in [2.75, 3.05) is 5.32 Å². The first-order valence-electron chi connectivity index (χ1n) is 7.49. The third kappa shape index (κ3) is 3.96. The smallest absolute Gasteiger partial charge is 0.293 e. The van der Waals surface area contributed by atoms with Gasteiger partial charge in [0.1, 0.15) is 5.69 Å². The first-order chi connectivity index (χ1) is 9.79. The summed E-state index contributed by atoms with van der Waals surface area (Å²) in [5.74, 6) is 0.537. The summed E-state index contributed by atoms with van der Waals surface area (Å²) in [5.41, 5.74) is 0.981. The number of halogens is 1. The Hall–Kier alpha value is -1.10. The quantitative estimate of drug-likeness (QED) is 0.585. The predicted octanol–water partition coefficient (Wildman–Crippen LogP) is 5.37. The first kappa shape index (κ1) is 16.3. The summed E-state index contributed by atoms with van der Waals surface area (Å²) in [5, 5.41) is 14.7. The van der Waals surface area contributed by atoms with E-state index in [9.17, 15) is 10.1 Å². The van der Waals surface area contributed by atoms with Crippen LogP contribution in [0.25, 0.3) is 0 Å². The fraction of sp³-hybridized carbons (Fsp3) is 0.625. The number of nitrogens with one attached hydrogen (secondary N) is 1. The summed E-state index contributed by atoms with van der Waals surface area (Å²) in [7, 11) is 0. The van der Waals surface area contributed by atoms with Crippen LogP contribution in [0.3, 0.4) is 0 Å². The number of nitro benzene ring substituents is 1. The van der Waals surface area contributed by atoms with E-state index in [1.165, 1.54) is 19.3 Å². The molecule has 4 nitrogen and oxygen atoms in total. The van der Waals surface area contributed by atoms with Crippen molar-refractivity contribution in [3.8, 4) is 0 Å². The molecule has 0 spiro atoms. The highest BCUT2D eigenvalue weighted by molar-refractivity contribution is 9.10. The van der Waals surface area contributed by atoms with Crippen LogP contribution in [0.2, 0.25) is 0 Å². The van der Waals surface area contributed by atoms with E-state index in [4.69, 9.17) is 0 Å². The van der Waals surface area contributed by atoms with Crippen molar-refractivity contribution in [1.82, 2.24) is 0 Å². The van der Waals surface area contributed by atoms with Crippen LogP contribution in [0.15, 0.2) is 22.7 Å². The first-order valence-corrected chi connectivity index (χ1v) is 8.29. The van der Waals surface area contributed by atoms with Gasteiger partial charge in [-0.15, -0.1) is 0 Å². The molecule has 2 unspecified atom stereocenters. The summed E-state index contributed by atoms with van der Waals surface area (Å²) < 4.78 is 0.732. The van der Waals surface area contributed by atoms with E-state index in [1.54, 1.807) is 12.1 Å². The topological polar surface area (TPSA) is 55.2 Å². The van der Waals surface area contributed by atoms with Crippen LogP contribution in [-0.2, 0) is 0 Å². The molecule has 2 atom stereocenters. The SMILES string of the molecule is CC(C)(C)C1CCCCC1Nc1ccc(Br)cc1[N+](=O)[O-]. The lowest BCUT2D eigenvalue weighted by atomic mass is 9.69. The molecule has 1 aliphatic carbocycles. The maximum absolute atomic E-state index is 11.2. The molecule has 0 aromatic heterocycles. The van der Waals surface area contributed by atoms with Crippen molar-refractivity contribution in [1.29, 1.82) is 0 Å². The van der Waals surface area contributed by atoms with E-state index in [2.05, 4.69) is 42.0 Å². The second-order valence-corrected chi connectivity index (χ2v) is 7.84. The maximum Gasteiger partial charge on any atom is 0.293 e. The maximum atomic E-state index is 11.2. The van der Waals surface area contributed by atoms with E-state index >= 15 is 0 Å². The van der Waals surface area contributed by atoms with Crippen LogP contribution < -0.4 is 5.32 Å². The lowest BCUT2D eigenvalue weighted by Crippen LogP contribution is -2.39. The van der Waals surface area contributed by atoms with Gasteiger partial charge in [-0.3, -0.25) is 10.1 Å². The average molecular weight is 355 g/mol. The Morgan fingerprint density at radius 2 is 1.95 bits per heavy atom. The standard InChI is InChI=1S/C16H23BrN2O2/c1-16(2,3)12-6-4-5-7-13(12)18-14-9-8-11(17)10-15(14)19(20)21/h8-10,12-13,18H,4-7H2,1-3H3. The largest absolute Gasteiger partial charge is 0.376 e. The minimum atomic E-state index is -0.317. The Morgan fingerprint density at radius 3 is 2.57 bits per heavy atom. The van der Waals surface area contributed by atoms with Gasteiger partial charge in [0, 0.05) is 16.6 Å². The van der Waals surface area contributed by atoms with Gasteiger partial charge in [-0.1, -0.05) is 49.5 Å². The number of hydrogen-bond acceptors (Lipinski definition) is 3. The molecular formula is C16H23BrN2O2. The zero-order chi connectivity index (χ0) is 15.6. The Kier molecular flexibility index (Phi) is 4.91. The van der Waals surface area contributed by atoms with E-state index in [1.807, 2.05) is 6.07 Å². The van der Waals surface area contributed by atoms with Gasteiger partial charge in [0.2, 0.25) is 0 Å². The van der Waals surface area contributed by atoms with Gasteiger partial charge < -0.3 is 5.32 Å². The van der Waals surface area contributed by atoms with E-state index < -0.39 is 0 Å². The summed E-state index contributed by atoms with van der Waals surface area (Å²) in [6, 6.07) is 5.52. The molecule has 116 valence electrons. The summed E-state index contributed by atoms with van der Waals surface area (Å²) in [6.07, 6.45) is 4.71. The van der Waals surface area contributed by atoms with E-state index in [0.29, 0.717) is 17.6 Å². The van der Waals surface area contributed by atoms with Crippen LogP contribution in [0, 0.1) is 21.4 Å². The molecule has 2 rings (SSSR count). The summed E-state index contributed by atoms with van der Waals surface area (Å²) in [6.45, 7) is 6.77. The zero-order valence-corrected chi connectivity index (χ0v) is 14.4. The van der Waals surface area contributed by atoms with E-state index in [0.717, 1.165) is 10.9 Å². The molecule has 1 aromatic carbocycles. The number of anilines is 1. The van der Waals surface area contributed by atoms with Crippen molar-refractivity contribution in [2.45, 2.75) is 52.5 Å². The Labute approximate surface area is 134 Å². The number of nitrogens with zero attached hydrogens (tertiary/aromatic N) is 1. The van der Waals surface area contributed by atoms with Gasteiger partial charge in [-0.2, -0.15) is 0 Å². The highest BCUT2D eigenvalue weighted by Crippen LogP contribution is 2.40. The fourth-order valence-corrected chi connectivity index (χ4v) is 3.67. The predicted molar refractivity (Wildman–Crippen MR) is 89.6 cm³/mol. The molecule has 0 bridgehead atoms. The van der Waals surface area contributed by atoms with Crippen molar-refractivity contribution >= 4 is 27.3 Å². The highest BCUT2D eigenvalue weighted by atomic mass is 79.9.